The zero-order chi connectivity index (χ0) is 38.0. The number of rotatable bonds is 9. The van der Waals surface area contributed by atoms with Crippen LogP contribution in [0.15, 0.2) is 104 Å². The molecular formula is C45H63N3O4. The molecule has 0 amide bonds. The minimum absolute atomic E-state index is 0.00255. The molecule has 7 nitrogen and oxygen atoms in total. The summed E-state index contributed by atoms with van der Waals surface area (Å²) >= 11 is 0. The number of aliphatic hydroxyl groups is 1. The van der Waals surface area contributed by atoms with Crippen molar-refractivity contribution in [3.05, 3.63) is 120 Å². The van der Waals surface area contributed by atoms with E-state index in [1.165, 1.54) is 29.7 Å². The van der Waals surface area contributed by atoms with Crippen LogP contribution < -0.4 is 5.32 Å². The number of ether oxygens (including phenoxy) is 1. The van der Waals surface area contributed by atoms with Crippen LogP contribution in [0.1, 0.15) is 88.7 Å². The highest BCUT2D eigenvalue weighted by molar-refractivity contribution is 5.89. The van der Waals surface area contributed by atoms with Gasteiger partial charge in [-0.3, -0.25) is 0 Å². The fourth-order valence-corrected chi connectivity index (χ4v) is 7.72. The zero-order valence-electron chi connectivity index (χ0n) is 32.6. The molecule has 1 spiro atoms. The molecule has 3 saturated heterocycles. The number of likely N-dealkylation sites (tertiary alicyclic amines) is 2. The lowest BCUT2D eigenvalue weighted by Crippen LogP contribution is -2.57. The van der Waals surface area contributed by atoms with E-state index in [1.54, 1.807) is 18.2 Å². The largest absolute Gasteiger partial charge is 0.478 e. The molecular weight excluding hydrogens is 647 g/mol. The molecule has 0 saturated carbocycles. The third-order valence-corrected chi connectivity index (χ3v) is 11.1. The van der Waals surface area contributed by atoms with Gasteiger partial charge in [-0.15, -0.1) is 0 Å². The Morgan fingerprint density at radius 3 is 2.17 bits per heavy atom. The second kappa shape index (κ2) is 18.6. The maximum Gasteiger partial charge on any atom is 0.335 e. The average Bonchev–Trinajstić information content (AvgIpc) is 3.14. The lowest BCUT2D eigenvalue weighted by atomic mass is 9.69. The SMILES string of the molecule is C=C(NC(C)C)N1CCC2(CC1)CN(Cc1ccc(C)cc1)C2=C.CCCC1C(C)C(C)OC(C)C1O.O=C(O)c1cccc(-c2ccccc2)c1. The number of hydrogen-bond acceptors (Lipinski definition) is 6. The number of aryl methyl sites for hydroxylation is 1. The predicted octanol–water partition coefficient (Wildman–Crippen LogP) is 9.13. The van der Waals surface area contributed by atoms with Gasteiger partial charge < -0.3 is 30.1 Å². The van der Waals surface area contributed by atoms with Crippen LogP contribution in [0.3, 0.4) is 0 Å². The monoisotopic (exact) mass is 709 g/mol. The van der Waals surface area contributed by atoms with Crippen LogP contribution in [0.25, 0.3) is 11.1 Å². The summed E-state index contributed by atoms with van der Waals surface area (Å²) in [5.74, 6) is 1.07. The number of carbonyl (C=O) groups is 1. The Hall–Kier alpha value is -4.07. The van der Waals surface area contributed by atoms with Crippen LogP contribution in [-0.4, -0.2) is 70.0 Å². The maximum absolute atomic E-state index is 10.8. The van der Waals surface area contributed by atoms with E-state index in [4.69, 9.17) is 9.84 Å². The quantitative estimate of drug-likeness (QED) is 0.204. The Labute approximate surface area is 313 Å². The standard InChI is InChI=1S/C21H31N3.C13H10O2.C11H22O2/c1-16(2)22-19(5)23-12-10-21(11-13-23)15-24(18(21)4)14-20-8-6-17(3)7-9-20;14-13(15)12-8-4-7-11(9-12)10-5-2-1-3-6-10;1-5-6-10-7(2)8(3)13-9(4)11(10)12/h6-9,16,22H,4-5,10-15H2,1-3H3;1-9H,(H,14,15);7-12H,5-6H2,1-4H3. The molecule has 5 atom stereocenters. The van der Waals surface area contributed by atoms with Gasteiger partial charge in [0.1, 0.15) is 0 Å². The molecule has 3 aromatic rings. The third-order valence-electron chi connectivity index (χ3n) is 11.1. The van der Waals surface area contributed by atoms with Crippen molar-refractivity contribution in [1.82, 2.24) is 15.1 Å². The number of carboxylic acid groups (broad SMARTS) is 1. The van der Waals surface area contributed by atoms with Crippen LogP contribution in [-0.2, 0) is 11.3 Å². The molecule has 5 unspecified atom stereocenters. The van der Waals surface area contributed by atoms with Gasteiger partial charge in [0.05, 0.1) is 29.7 Å². The lowest BCUT2D eigenvalue weighted by molar-refractivity contribution is -0.160. The van der Waals surface area contributed by atoms with E-state index in [0.29, 0.717) is 28.9 Å². The van der Waals surface area contributed by atoms with Gasteiger partial charge in [-0.05, 0) is 94.5 Å². The van der Waals surface area contributed by atoms with Gasteiger partial charge >= 0.3 is 5.97 Å². The zero-order valence-corrected chi connectivity index (χ0v) is 32.6. The predicted molar refractivity (Wildman–Crippen MR) is 214 cm³/mol. The maximum atomic E-state index is 10.8. The minimum atomic E-state index is -0.896. The summed E-state index contributed by atoms with van der Waals surface area (Å²) < 4.78 is 5.64. The molecule has 3 aromatic carbocycles. The summed E-state index contributed by atoms with van der Waals surface area (Å²) in [6.07, 6.45) is 4.65. The topological polar surface area (TPSA) is 85.3 Å². The summed E-state index contributed by atoms with van der Waals surface area (Å²) in [7, 11) is 0. The Kier molecular flexibility index (Phi) is 14.6. The van der Waals surface area contributed by atoms with Crippen LogP contribution in [0.5, 0.6) is 0 Å². The molecule has 3 N–H and O–H groups in total. The molecule has 0 radical (unpaired) electrons. The minimum Gasteiger partial charge on any atom is -0.478 e. The van der Waals surface area contributed by atoms with E-state index in [0.717, 1.165) is 56.0 Å². The summed E-state index contributed by atoms with van der Waals surface area (Å²) in [6, 6.07) is 25.9. The second-order valence-electron chi connectivity index (χ2n) is 15.4. The fraction of sp³-hybridized carbons (Fsp3) is 0.489. The number of nitrogens with one attached hydrogen (secondary N) is 1. The number of aliphatic hydroxyl groups excluding tert-OH is 1. The van der Waals surface area contributed by atoms with Crippen molar-refractivity contribution in [1.29, 1.82) is 0 Å². The Bertz CT molecular complexity index is 1580. The van der Waals surface area contributed by atoms with Crippen molar-refractivity contribution in [3.63, 3.8) is 0 Å². The molecule has 0 aromatic heterocycles. The summed E-state index contributed by atoms with van der Waals surface area (Å²) in [5, 5.41) is 22.2. The first kappa shape index (κ1) is 40.7. The molecule has 3 aliphatic rings. The number of piperidine rings is 1. The van der Waals surface area contributed by atoms with Gasteiger partial charge in [-0.1, -0.05) is 106 Å². The van der Waals surface area contributed by atoms with Gasteiger partial charge in [-0.25, -0.2) is 4.79 Å². The van der Waals surface area contributed by atoms with Crippen LogP contribution in [0.2, 0.25) is 0 Å². The lowest BCUT2D eigenvalue weighted by Gasteiger charge is -2.57. The highest BCUT2D eigenvalue weighted by Crippen LogP contribution is 2.49. The molecule has 0 bridgehead atoms. The molecule has 3 fully saturated rings. The number of nitrogens with zero attached hydrogens (tertiary/aromatic N) is 2. The summed E-state index contributed by atoms with van der Waals surface area (Å²) in [4.78, 5) is 15.6. The molecule has 52 heavy (non-hydrogen) atoms. The number of benzene rings is 3. The van der Waals surface area contributed by atoms with Gasteiger partial charge in [-0.2, -0.15) is 0 Å². The van der Waals surface area contributed by atoms with Crippen LogP contribution >= 0.6 is 0 Å². The first-order valence-corrected chi connectivity index (χ1v) is 19.2. The third kappa shape index (κ3) is 10.5. The van der Waals surface area contributed by atoms with Gasteiger partial charge in [0.2, 0.25) is 0 Å². The Morgan fingerprint density at radius 2 is 1.60 bits per heavy atom. The molecule has 7 heteroatoms. The van der Waals surface area contributed by atoms with Crippen molar-refractivity contribution >= 4 is 5.97 Å². The number of carboxylic acids is 1. The van der Waals surface area contributed by atoms with Gasteiger partial charge in [0.25, 0.3) is 0 Å². The van der Waals surface area contributed by atoms with E-state index in [2.05, 4.69) is 94.1 Å². The van der Waals surface area contributed by atoms with E-state index < -0.39 is 5.97 Å². The Morgan fingerprint density at radius 1 is 0.962 bits per heavy atom. The summed E-state index contributed by atoms with van der Waals surface area (Å²) in [5.41, 5.74) is 6.64. The molecule has 3 heterocycles. The first-order valence-electron chi connectivity index (χ1n) is 19.2. The highest BCUT2D eigenvalue weighted by atomic mass is 16.5. The fourth-order valence-electron chi connectivity index (χ4n) is 7.72. The molecule has 3 aliphatic heterocycles. The molecule has 0 aliphatic carbocycles. The number of aromatic carboxylic acids is 1. The van der Waals surface area contributed by atoms with Crippen molar-refractivity contribution in [2.75, 3.05) is 19.6 Å². The second-order valence-corrected chi connectivity index (χ2v) is 15.4. The van der Waals surface area contributed by atoms with E-state index in [1.807, 2.05) is 43.3 Å². The van der Waals surface area contributed by atoms with E-state index in [-0.39, 0.29) is 18.3 Å². The normalized spacial score (nSPS) is 23.5. The summed E-state index contributed by atoms with van der Waals surface area (Å²) in [6.45, 7) is 27.8. The van der Waals surface area contributed by atoms with Crippen molar-refractivity contribution < 1.29 is 19.7 Å². The smallest absolute Gasteiger partial charge is 0.335 e. The number of hydrogen-bond donors (Lipinski definition) is 3. The first-order chi connectivity index (χ1) is 24.7. The Balaban J connectivity index is 0.000000186. The van der Waals surface area contributed by atoms with E-state index in [9.17, 15) is 9.90 Å². The average molecular weight is 710 g/mol. The molecule has 6 rings (SSSR count). The van der Waals surface area contributed by atoms with Crippen molar-refractivity contribution in [2.45, 2.75) is 105 Å². The van der Waals surface area contributed by atoms with E-state index >= 15 is 0 Å². The van der Waals surface area contributed by atoms with Crippen LogP contribution in [0, 0.1) is 24.2 Å². The van der Waals surface area contributed by atoms with Crippen LogP contribution in [0.4, 0.5) is 0 Å². The van der Waals surface area contributed by atoms with Crippen molar-refractivity contribution in [3.8, 4) is 11.1 Å². The molecule has 282 valence electrons. The highest BCUT2D eigenvalue weighted by Gasteiger charge is 2.48. The van der Waals surface area contributed by atoms with Gasteiger partial charge in [0.15, 0.2) is 0 Å². The van der Waals surface area contributed by atoms with Gasteiger partial charge in [0, 0.05) is 43.3 Å². The van der Waals surface area contributed by atoms with Crippen molar-refractivity contribution in [2.24, 2.45) is 17.3 Å².